The molecule has 0 unspecified atom stereocenters. The Labute approximate surface area is 304 Å². The van der Waals surface area contributed by atoms with Crippen LogP contribution in [0.15, 0.2) is 30.3 Å². The summed E-state index contributed by atoms with van der Waals surface area (Å²) in [5.74, 6) is -6.58. The van der Waals surface area contributed by atoms with Crippen LogP contribution in [0.3, 0.4) is 0 Å². The summed E-state index contributed by atoms with van der Waals surface area (Å²) in [6.45, 7) is 17.7. The first kappa shape index (κ1) is 43.2. The Balaban J connectivity index is 2.86. The minimum atomic E-state index is -1.30. The number of hydrogen-bond acceptors (Lipinski definition) is 9. The Morgan fingerprint density at radius 3 is 1.29 bits per heavy atom. The van der Waals surface area contributed by atoms with Gasteiger partial charge in [0.2, 0.25) is 0 Å². The Hall–Kier alpha value is -3.96. The van der Waals surface area contributed by atoms with E-state index in [1.165, 1.54) is 35.8 Å². The molecule has 1 saturated heterocycles. The molecule has 1 aliphatic heterocycles. The highest BCUT2D eigenvalue weighted by atomic mass is 16.6. The van der Waals surface area contributed by atoms with Gasteiger partial charge in [-0.3, -0.25) is 14.4 Å². The van der Waals surface area contributed by atoms with Crippen molar-refractivity contribution in [3.8, 4) is 0 Å². The summed E-state index contributed by atoms with van der Waals surface area (Å²) < 4.78 is 17.9. The van der Waals surface area contributed by atoms with Crippen molar-refractivity contribution in [2.24, 2.45) is 29.6 Å². The van der Waals surface area contributed by atoms with Crippen LogP contribution >= 0.6 is 0 Å². The first-order valence-electron chi connectivity index (χ1n) is 18.3. The van der Waals surface area contributed by atoms with E-state index >= 15 is 0 Å². The van der Waals surface area contributed by atoms with Gasteiger partial charge in [-0.05, 0) is 36.2 Å². The van der Waals surface area contributed by atoms with Crippen molar-refractivity contribution in [1.82, 2.24) is 14.7 Å². The number of esters is 3. The van der Waals surface area contributed by atoms with Crippen LogP contribution < -0.4 is 0 Å². The monoisotopic (exact) mass is 715 g/mol. The third-order valence-electron chi connectivity index (χ3n) is 10.0. The van der Waals surface area contributed by atoms with Gasteiger partial charge in [-0.25, -0.2) is 14.4 Å². The normalized spacial score (nSPS) is 26.5. The average molecular weight is 716 g/mol. The van der Waals surface area contributed by atoms with Gasteiger partial charge in [0.25, 0.3) is 17.7 Å². The first-order valence-corrected chi connectivity index (χ1v) is 18.3. The molecular weight excluding hydrogens is 654 g/mol. The van der Waals surface area contributed by atoms with Gasteiger partial charge in [0, 0.05) is 39.4 Å². The molecule has 0 spiro atoms. The van der Waals surface area contributed by atoms with E-state index in [1.54, 1.807) is 55.4 Å². The van der Waals surface area contributed by atoms with Crippen LogP contribution in [0.25, 0.3) is 0 Å². The summed E-state index contributed by atoms with van der Waals surface area (Å²) in [7, 11) is 4.35. The Morgan fingerprint density at radius 1 is 0.529 bits per heavy atom. The van der Waals surface area contributed by atoms with E-state index in [2.05, 4.69) is 0 Å². The summed E-state index contributed by atoms with van der Waals surface area (Å²) in [6.07, 6.45) is -2.90. The maximum atomic E-state index is 14.4. The number of nitrogens with zero attached hydrogens (tertiary/aromatic N) is 3. The van der Waals surface area contributed by atoms with Crippen molar-refractivity contribution in [2.75, 3.05) is 21.1 Å². The summed E-state index contributed by atoms with van der Waals surface area (Å²) in [6, 6.07) is 5.63. The van der Waals surface area contributed by atoms with Gasteiger partial charge in [-0.1, -0.05) is 99.6 Å². The standard InChI is InChI=1S/C39H61N3O9/c1-14-25(9)32-35(44)40(11)28(21-27-19-17-16-18-20-27)37(46)50-33(26(10)15-2)36(45)42(13)29(22(3)4)38(47)49-31(24(7)8)34(43)41(12)30(23(5)6)39(48)51-32/h16-20,22-26,28-33H,14-15,21H2,1-13H3/t25-,26-,28-,29-,30-,31+,32+,33+/m0/s1. The van der Waals surface area contributed by atoms with Crippen LogP contribution in [0, 0.1) is 29.6 Å². The lowest BCUT2D eigenvalue weighted by atomic mass is 9.96. The third-order valence-corrected chi connectivity index (χ3v) is 10.0. The van der Waals surface area contributed by atoms with Crippen LogP contribution in [0.2, 0.25) is 0 Å². The van der Waals surface area contributed by atoms with Gasteiger partial charge in [0.05, 0.1) is 0 Å². The Kier molecular flexibility index (Phi) is 16.1. The van der Waals surface area contributed by atoms with Gasteiger partial charge in [-0.2, -0.15) is 0 Å². The summed E-state index contributed by atoms with van der Waals surface area (Å²) in [5.41, 5.74) is 0.740. The molecule has 0 bridgehead atoms. The molecule has 8 atom stereocenters. The van der Waals surface area contributed by atoms with Crippen LogP contribution in [0.4, 0.5) is 0 Å². The second-order valence-electron chi connectivity index (χ2n) is 15.0. The topological polar surface area (TPSA) is 140 Å². The van der Waals surface area contributed by atoms with E-state index in [-0.39, 0.29) is 6.42 Å². The second-order valence-corrected chi connectivity index (χ2v) is 15.0. The molecule has 1 aromatic rings. The number of carbonyl (C=O) groups excluding carboxylic acids is 6. The van der Waals surface area contributed by atoms with Crippen LogP contribution in [-0.4, -0.2) is 108 Å². The third kappa shape index (κ3) is 10.5. The quantitative estimate of drug-likeness (QED) is 0.267. The SMILES string of the molecule is CC[C@H](C)[C@H]1OC(=O)[C@H](Cc2ccccc2)N(C)C(=O)[C@@H]([C@@H](C)CC)OC(=O)[C@H](C(C)C)N(C)C(=O)[C@@H](C(C)C)OC(=O)[C@H](C(C)C)N(C)C1=O. The van der Waals surface area contributed by atoms with Gasteiger partial charge < -0.3 is 28.9 Å². The number of carbonyl (C=O) groups is 6. The second kappa shape index (κ2) is 19.0. The molecule has 1 fully saturated rings. The van der Waals surface area contributed by atoms with Gasteiger partial charge in [0.15, 0.2) is 18.3 Å². The fourth-order valence-electron chi connectivity index (χ4n) is 6.31. The number of cyclic esters (lactones) is 3. The van der Waals surface area contributed by atoms with Gasteiger partial charge in [-0.15, -0.1) is 0 Å². The minimum absolute atomic E-state index is 0.0593. The van der Waals surface area contributed by atoms with E-state index in [4.69, 9.17) is 14.2 Å². The highest BCUT2D eigenvalue weighted by Crippen LogP contribution is 2.26. The van der Waals surface area contributed by atoms with Gasteiger partial charge in [0.1, 0.15) is 18.1 Å². The molecule has 51 heavy (non-hydrogen) atoms. The van der Waals surface area contributed by atoms with E-state index in [1.807, 2.05) is 44.2 Å². The lowest BCUT2D eigenvalue weighted by Crippen LogP contribution is -2.57. The summed E-state index contributed by atoms with van der Waals surface area (Å²) in [5, 5.41) is 0. The fraction of sp³-hybridized carbons (Fsp3) is 0.692. The molecular formula is C39H61N3O9. The first-order chi connectivity index (χ1) is 23.8. The molecule has 1 aromatic carbocycles. The molecule has 0 aromatic heterocycles. The highest BCUT2D eigenvalue weighted by molar-refractivity contribution is 5.94. The largest absolute Gasteiger partial charge is 0.450 e. The molecule has 0 aliphatic carbocycles. The molecule has 1 aliphatic rings. The van der Waals surface area contributed by atoms with E-state index in [0.29, 0.717) is 12.8 Å². The molecule has 1 heterocycles. The Morgan fingerprint density at radius 2 is 0.902 bits per heavy atom. The van der Waals surface area contributed by atoms with E-state index in [9.17, 15) is 28.8 Å². The van der Waals surface area contributed by atoms with E-state index < -0.39 is 102 Å². The highest BCUT2D eigenvalue weighted by Gasteiger charge is 2.45. The number of ether oxygens (including phenoxy) is 3. The zero-order valence-electron chi connectivity index (χ0n) is 32.9. The maximum absolute atomic E-state index is 14.4. The predicted molar refractivity (Wildman–Crippen MR) is 193 cm³/mol. The molecule has 12 nitrogen and oxygen atoms in total. The molecule has 0 N–H and O–H groups in total. The smallest absolute Gasteiger partial charge is 0.329 e. The average Bonchev–Trinajstić information content (AvgIpc) is 3.08. The lowest BCUT2D eigenvalue weighted by molar-refractivity contribution is -0.181. The van der Waals surface area contributed by atoms with Gasteiger partial charge >= 0.3 is 17.9 Å². The minimum Gasteiger partial charge on any atom is -0.450 e. The van der Waals surface area contributed by atoms with Crippen molar-refractivity contribution < 1.29 is 43.0 Å². The van der Waals surface area contributed by atoms with Crippen LogP contribution in [-0.2, 0) is 49.4 Å². The molecule has 2 rings (SSSR count). The van der Waals surface area contributed by atoms with Crippen molar-refractivity contribution in [3.63, 3.8) is 0 Å². The Bertz CT molecular complexity index is 1350. The number of hydrogen-bond donors (Lipinski definition) is 0. The number of rotatable bonds is 9. The zero-order valence-corrected chi connectivity index (χ0v) is 32.9. The van der Waals surface area contributed by atoms with Crippen molar-refractivity contribution >= 4 is 35.6 Å². The van der Waals surface area contributed by atoms with E-state index in [0.717, 1.165) is 5.56 Å². The molecule has 286 valence electrons. The predicted octanol–water partition coefficient (Wildman–Crippen LogP) is 4.52. The number of benzene rings is 1. The van der Waals surface area contributed by atoms with Crippen molar-refractivity contribution in [1.29, 1.82) is 0 Å². The lowest BCUT2D eigenvalue weighted by Gasteiger charge is -2.38. The van der Waals surface area contributed by atoms with Crippen molar-refractivity contribution in [3.05, 3.63) is 35.9 Å². The van der Waals surface area contributed by atoms with Crippen LogP contribution in [0.1, 0.15) is 87.6 Å². The summed E-state index contributed by atoms with van der Waals surface area (Å²) in [4.78, 5) is 88.5. The number of likely N-dealkylation sites (N-methyl/N-ethyl adjacent to an activating group) is 3. The zero-order chi connectivity index (χ0) is 38.9. The number of amides is 3. The molecule has 3 amide bonds. The molecule has 0 saturated carbocycles. The van der Waals surface area contributed by atoms with Crippen LogP contribution in [0.5, 0.6) is 0 Å². The fourth-order valence-corrected chi connectivity index (χ4v) is 6.31. The molecule has 0 radical (unpaired) electrons. The molecule has 12 heteroatoms. The van der Waals surface area contributed by atoms with Crippen molar-refractivity contribution in [2.45, 2.75) is 125 Å². The summed E-state index contributed by atoms with van der Waals surface area (Å²) >= 11 is 0. The maximum Gasteiger partial charge on any atom is 0.329 e.